The Bertz CT molecular complexity index is 994. The van der Waals surface area contributed by atoms with Gasteiger partial charge in [-0.2, -0.15) is 0 Å². The van der Waals surface area contributed by atoms with Crippen LogP contribution in [0.4, 0.5) is 0 Å². The molecule has 1 aliphatic rings. The van der Waals surface area contributed by atoms with Gasteiger partial charge in [-0.3, -0.25) is 14.5 Å². The van der Waals surface area contributed by atoms with E-state index in [0.29, 0.717) is 18.6 Å². The molecule has 0 bridgehead atoms. The maximum Gasteiger partial charge on any atom is 0.191 e. The molecule has 1 aromatic carbocycles. The van der Waals surface area contributed by atoms with E-state index in [1.165, 1.54) is 5.56 Å². The summed E-state index contributed by atoms with van der Waals surface area (Å²) >= 11 is 0. The summed E-state index contributed by atoms with van der Waals surface area (Å²) in [6.07, 6.45) is 6.71. The predicted molar refractivity (Wildman–Crippen MR) is 124 cm³/mol. The maximum atomic E-state index is 4.56. The van der Waals surface area contributed by atoms with Crippen LogP contribution in [0, 0.1) is 6.92 Å². The first-order valence-electron chi connectivity index (χ1n) is 10.8. The Morgan fingerprint density at radius 3 is 2.65 bits per heavy atom. The van der Waals surface area contributed by atoms with Crippen molar-refractivity contribution >= 4 is 5.96 Å². The third-order valence-electron chi connectivity index (χ3n) is 5.84. The minimum Gasteiger partial charge on any atom is -0.352 e. The highest BCUT2D eigenvalue weighted by atomic mass is 15.3. The van der Waals surface area contributed by atoms with E-state index in [1.54, 1.807) is 6.20 Å². The third-order valence-corrected chi connectivity index (χ3v) is 5.84. The van der Waals surface area contributed by atoms with Crippen LogP contribution in [0.25, 0.3) is 5.82 Å². The Hall–Kier alpha value is -3.19. The van der Waals surface area contributed by atoms with E-state index in [9.17, 15) is 0 Å². The molecule has 1 saturated heterocycles. The van der Waals surface area contributed by atoms with Crippen LogP contribution in [0.15, 0.2) is 66.0 Å². The lowest BCUT2D eigenvalue weighted by molar-refractivity contribution is 0.258. The number of pyridine rings is 1. The van der Waals surface area contributed by atoms with Crippen LogP contribution < -0.4 is 10.6 Å². The van der Waals surface area contributed by atoms with Crippen molar-refractivity contribution in [3.63, 3.8) is 0 Å². The number of hydrogen-bond acceptors (Lipinski definition) is 4. The zero-order valence-corrected chi connectivity index (χ0v) is 18.5. The number of nitrogens with zero attached hydrogens (tertiary/aromatic N) is 5. The summed E-state index contributed by atoms with van der Waals surface area (Å²) in [5.74, 6) is 2.63. The second kappa shape index (κ2) is 9.75. The number of nitrogens with one attached hydrogen (secondary N) is 2. The molecule has 0 saturated carbocycles. The number of rotatable bonds is 6. The number of imidazole rings is 1. The fourth-order valence-corrected chi connectivity index (χ4v) is 4.10. The quantitative estimate of drug-likeness (QED) is 0.477. The summed E-state index contributed by atoms with van der Waals surface area (Å²) < 4.78 is 1.97. The molecule has 4 rings (SSSR count). The van der Waals surface area contributed by atoms with Crippen LogP contribution in [0.2, 0.25) is 0 Å². The third kappa shape index (κ3) is 5.30. The first kappa shape index (κ1) is 21.1. The average molecular weight is 418 g/mol. The first-order valence-corrected chi connectivity index (χ1v) is 10.8. The van der Waals surface area contributed by atoms with Gasteiger partial charge < -0.3 is 10.6 Å². The summed E-state index contributed by atoms with van der Waals surface area (Å²) in [7, 11) is 1.82. The molecule has 1 fully saturated rings. The summed E-state index contributed by atoms with van der Waals surface area (Å²) in [6, 6.07) is 15.7. The lowest BCUT2D eigenvalue weighted by Crippen LogP contribution is -2.44. The molecule has 1 aliphatic heterocycles. The summed E-state index contributed by atoms with van der Waals surface area (Å²) in [4.78, 5) is 15.8. The summed E-state index contributed by atoms with van der Waals surface area (Å²) in [5.41, 5.74) is 2.47. The largest absolute Gasteiger partial charge is 0.352 e. The molecule has 0 aliphatic carbocycles. The topological polar surface area (TPSA) is 70.4 Å². The highest BCUT2D eigenvalue weighted by Crippen LogP contribution is 2.20. The number of likely N-dealkylation sites (tertiary alicyclic amines) is 1. The monoisotopic (exact) mass is 417 g/mol. The molecule has 2 N–H and O–H groups in total. The van der Waals surface area contributed by atoms with Gasteiger partial charge in [-0.15, -0.1) is 0 Å². The minimum absolute atomic E-state index is 0.384. The lowest BCUT2D eigenvalue weighted by atomic mass is 10.2. The van der Waals surface area contributed by atoms with Gasteiger partial charge in [0, 0.05) is 57.4 Å². The van der Waals surface area contributed by atoms with Gasteiger partial charge in [-0.05, 0) is 37.5 Å². The van der Waals surface area contributed by atoms with Gasteiger partial charge in [0.1, 0.15) is 11.6 Å². The molecule has 0 amide bonds. The average Bonchev–Trinajstić information content (AvgIpc) is 3.37. The Morgan fingerprint density at radius 2 is 1.97 bits per heavy atom. The molecule has 0 radical (unpaired) electrons. The van der Waals surface area contributed by atoms with Crippen LogP contribution in [0.1, 0.15) is 30.3 Å². The Labute approximate surface area is 184 Å². The number of aryl methyl sites for hydroxylation is 1. The lowest BCUT2D eigenvalue weighted by Gasteiger charge is -2.21. The van der Waals surface area contributed by atoms with Crippen LogP contribution >= 0.6 is 0 Å². The number of guanidine groups is 1. The molecule has 7 nitrogen and oxygen atoms in total. The molecule has 2 atom stereocenters. The van der Waals surface area contributed by atoms with Crippen molar-refractivity contribution in [3.8, 4) is 5.82 Å². The molecule has 2 aromatic heterocycles. The van der Waals surface area contributed by atoms with Crippen molar-refractivity contribution in [1.82, 2.24) is 30.1 Å². The van der Waals surface area contributed by atoms with Gasteiger partial charge in [0.25, 0.3) is 0 Å². The van der Waals surface area contributed by atoms with Crippen molar-refractivity contribution in [2.24, 2.45) is 4.99 Å². The smallest absolute Gasteiger partial charge is 0.191 e. The minimum atomic E-state index is 0.384. The van der Waals surface area contributed by atoms with Crippen molar-refractivity contribution in [3.05, 3.63) is 78.0 Å². The normalized spacial score (nSPS) is 19.5. The van der Waals surface area contributed by atoms with Crippen molar-refractivity contribution < 1.29 is 0 Å². The Kier molecular flexibility index (Phi) is 6.62. The van der Waals surface area contributed by atoms with E-state index in [0.717, 1.165) is 42.7 Å². The van der Waals surface area contributed by atoms with E-state index >= 15 is 0 Å². The van der Waals surface area contributed by atoms with Crippen molar-refractivity contribution in [1.29, 1.82) is 0 Å². The van der Waals surface area contributed by atoms with Gasteiger partial charge in [0.05, 0.1) is 0 Å². The zero-order chi connectivity index (χ0) is 21.6. The molecule has 0 spiro atoms. The van der Waals surface area contributed by atoms with Crippen LogP contribution in [0.3, 0.4) is 0 Å². The highest BCUT2D eigenvalue weighted by molar-refractivity contribution is 5.80. The van der Waals surface area contributed by atoms with Crippen LogP contribution in [0.5, 0.6) is 0 Å². The molecule has 2 unspecified atom stereocenters. The van der Waals surface area contributed by atoms with Gasteiger partial charge in [-0.25, -0.2) is 9.97 Å². The number of benzene rings is 1. The van der Waals surface area contributed by atoms with Crippen molar-refractivity contribution in [2.75, 3.05) is 13.6 Å². The molecule has 3 heterocycles. The Morgan fingerprint density at radius 1 is 1.13 bits per heavy atom. The first-order chi connectivity index (χ1) is 15.1. The molecule has 3 aromatic rings. The summed E-state index contributed by atoms with van der Waals surface area (Å²) in [5, 5.41) is 7.01. The van der Waals surface area contributed by atoms with Crippen LogP contribution in [-0.2, 0) is 13.1 Å². The van der Waals surface area contributed by atoms with Gasteiger partial charge in [0.2, 0.25) is 0 Å². The van der Waals surface area contributed by atoms with Crippen molar-refractivity contribution in [2.45, 2.75) is 45.4 Å². The number of aromatic nitrogens is 3. The highest BCUT2D eigenvalue weighted by Gasteiger charge is 2.29. The molecule has 31 heavy (non-hydrogen) atoms. The standard InChI is InChI=1S/C24H31N7/c1-18-13-22(17-30(18)16-20-7-5-4-6-8-20)29-24(25-3)28-15-21-9-10-23(27-14-21)31-12-11-26-19(31)2/h4-12,14,18,22H,13,15-17H2,1-3H3,(H2,25,28,29). The van der Waals surface area contributed by atoms with Gasteiger partial charge in [-0.1, -0.05) is 36.4 Å². The second-order valence-electron chi connectivity index (χ2n) is 8.14. The Balaban J connectivity index is 1.28. The van der Waals surface area contributed by atoms with E-state index in [4.69, 9.17) is 0 Å². The molecule has 7 heteroatoms. The fraction of sp³-hybridized carbons (Fsp3) is 0.375. The SMILES string of the molecule is CN=C(NCc1ccc(-n2ccnc2C)nc1)NC1CC(C)N(Cc2ccccc2)C1. The second-order valence-corrected chi connectivity index (χ2v) is 8.14. The predicted octanol–water partition coefficient (Wildman–Crippen LogP) is 2.90. The maximum absolute atomic E-state index is 4.56. The molecular weight excluding hydrogens is 386 g/mol. The van der Waals surface area contributed by atoms with E-state index in [1.807, 2.05) is 37.0 Å². The zero-order valence-electron chi connectivity index (χ0n) is 18.5. The number of hydrogen-bond donors (Lipinski definition) is 2. The van der Waals surface area contributed by atoms with Gasteiger partial charge >= 0.3 is 0 Å². The fourth-order valence-electron chi connectivity index (χ4n) is 4.10. The molecule has 162 valence electrons. The summed E-state index contributed by atoms with van der Waals surface area (Å²) in [6.45, 7) is 6.94. The molecular formula is C24H31N7. The van der Waals surface area contributed by atoms with E-state index in [-0.39, 0.29) is 0 Å². The number of aliphatic imine (C=N–C) groups is 1. The van der Waals surface area contributed by atoms with E-state index in [2.05, 4.69) is 73.8 Å². The van der Waals surface area contributed by atoms with Crippen LogP contribution in [-0.4, -0.2) is 51.1 Å². The van der Waals surface area contributed by atoms with Gasteiger partial charge in [0.15, 0.2) is 5.96 Å². The van der Waals surface area contributed by atoms with E-state index < -0.39 is 0 Å².